The van der Waals surface area contributed by atoms with Gasteiger partial charge in [-0.25, -0.2) is 4.98 Å². The lowest BCUT2D eigenvalue weighted by Gasteiger charge is -2.39. The lowest BCUT2D eigenvalue weighted by Crippen LogP contribution is -2.51. The van der Waals surface area contributed by atoms with Crippen molar-refractivity contribution in [3.05, 3.63) is 18.7 Å². The molecule has 0 amide bonds. The highest BCUT2D eigenvalue weighted by Crippen LogP contribution is 2.27. The molecule has 2 aliphatic rings. The van der Waals surface area contributed by atoms with Crippen LogP contribution in [0.1, 0.15) is 46.1 Å². The molecule has 2 unspecified atom stereocenters. The zero-order chi connectivity index (χ0) is 18.5. The Balaban J connectivity index is 1.57. The molecule has 0 radical (unpaired) electrons. The molecule has 1 aromatic rings. The van der Waals surface area contributed by atoms with Crippen molar-refractivity contribution in [1.82, 2.24) is 24.7 Å². The van der Waals surface area contributed by atoms with E-state index in [0.29, 0.717) is 18.0 Å². The molecule has 2 fully saturated rings. The third-order valence-electron chi connectivity index (χ3n) is 5.93. The number of aromatic nitrogens is 2. The van der Waals surface area contributed by atoms with Crippen LogP contribution in [0.3, 0.4) is 0 Å². The number of nitrogens with one attached hydrogen (secondary N) is 1. The van der Waals surface area contributed by atoms with Gasteiger partial charge in [-0.3, -0.25) is 9.89 Å². The molecule has 3 atom stereocenters. The van der Waals surface area contributed by atoms with Gasteiger partial charge in [0.2, 0.25) is 0 Å². The Bertz CT molecular complexity index is 567. The number of likely N-dealkylation sites (tertiary alicyclic amines) is 2. The fraction of sp³-hybridized carbons (Fsp3) is 0.800. The molecule has 146 valence electrons. The normalized spacial score (nSPS) is 28.1. The summed E-state index contributed by atoms with van der Waals surface area (Å²) in [6, 6.07) is 1.11. The van der Waals surface area contributed by atoms with Crippen molar-refractivity contribution < 1.29 is 0 Å². The van der Waals surface area contributed by atoms with Crippen LogP contribution >= 0.6 is 0 Å². The van der Waals surface area contributed by atoms with Crippen molar-refractivity contribution in [3.63, 3.8) is 0 Å². The van der Waals surface area contributed by atoms with Crippen LogP contribution < -0.4 is 5.32 Å². The summed E-state index contributed by atoms with van der Waals surface area (Å²) in [5.41, 5.74) is 0. The van der Waals surface area contributed by atoms with Crippen LogP contribution in [0, 0.1) is 11.8 Å². The molecule has 1 N–H and O–H groups in total. The first kappa shape index (κ1) is 19.2. The van der Waals surface area contributed by atoms with E-state index in [1.165, 1.54) is 32.4 Å². The second-order valence-corrected chi connectivity index (χ2v) is 8.40. The fourth-order valence-electron chi connectivity index (χ4n) is 4.47. The second kappa shape index (κ2) is 8.89. The van der Waals surface area contributed by atoms with Crippen molar-refractivity contribution in [2.45, 2.75) is 52.1 Å². The van der Waals surface area contributed by atoms with E-state index in [1.54, 1.807) is 0 Å². The van der Waals surface area contributed by atoms with Gasteiger partial charge < -0.3 is 14.8 Å². The number of rotatable bonds is 5. The summed E-state index contributed by atoms with van der Waals surface area (Å²) in [5, 5.41) is 3.67. The largest absolute Gasteiger partial charge is 0.355 e. The van der Waals surface area contributed by atoms with Crippen LogP contribution in [0.15, 0.2) is 23.7 Å². The Morgan fingerprint density at radius 3 is 2.85 bits per heavy atom. The third-order valence-corrected chi connectivity index (χ3v) is 5.93. The Hall–Kier alpha value is -1.56. The van der Waals surface area contributed by atoms with Gasteiger partial charge in [0.15, 0.2) is 5.96 Å². The maximum atomic E-state index is 4.59. The van der Waals surface area contributed by atoms with Gasteiger partial charge in [-0.05, 0) is 37.6 Å². The summed E-state index contributed by atoms with van der Waals surface area (Å²) in [4.78, 5) is 13.9. The van der Waals surface area contributed by atoms with Gasteiger partial charge in [-0.1, -0.05) is 20.8 Å². The number of imidazole rings is 1. The van der Waals surface area contributed by atoms with Gasteiger partial charge in [-0.2, -0.15) is 0 Å². The third kappa shape index (κ3) is 4.58. The molecule has 6 nitrogen and oxygen atoms in total. The van der Waals surface area contributed by atoms with E-state index in [4.69, 9.17) is 0 Å². The molecular formula is C20H36N6. The SMILES string of the molecule is CN=C(NC[C@H]1CCCN1CC(C)C)N1CCC(C)C(n2ccnc2)C1. The molecule has 0 spiro atoms. The average molecular weight is 361 g/mol. The minimum absolute atomic E-state index is 0.466. The molecule has 0 aromatic carbocycles. The van der Waals surface area contributed by atoms with Crippen LogP contribution in [0.4, 0.5) is 0 Å². The molecule has 26 heavy (non-hydrogen) atoms. The van der Waals surface area contributed by atoms with Crippen molar-refractivity contribution in [1.29, 1.82) is 0 Å². The van der Waals surface area contributed by atoms with Crippen LogP contribution in [-0.2, 0) is 0 Å². The standard InChI is InChI=1S/C20H36N6/c1-16(2)13-24-9-5-6-18(24)12-23-20(21-4)25-10-7-17(3)19(14-25)26-11-8-22-15-26/h8,11,15-19H,5-7,9-10,12-14H2,1-4H3,(H,21,23)/t17?,18-,19?/m1/s1. The maximum Gasteiger partial charge on any atom is 0.193 e. The topological polar surface area (TPSA) is 48.7 Å². The van der Waals surface area contributed by atoms with Crippen LogP contribution in [0.5, 0.6) is 0 Å². The number of aliphatic imine (C=N–C) groups is 1. The zero-order valence-electron chi connectivity index (χ0n) is 16.9. The minimum Gasteiger partial charge on any atom is -0.355 e. The van der Waals surface area contributed by atoms with Gasteiger partial charge in [0.05, 0.1) is 12.4 Å². The zero-order valence-corrected chi connectivity index (χ0v) is 16.9. The molecule has 2 saturated heterocycles. The summed E-state index contributed by atoms with van der Waals surface area (Å²) in [7, 11) is 1.91. The summed E-state index contributed by atoms with van der Waals surface area (Å²) in [6.45, 7) is 12.5. The first-order valence-corrected chi connectivity index (χ1v) is 10.3. The molecule has 6 heteroatoms. The molecule has 3 heterocycles. The van der Waals surface area contributed by atoms with Gasteiger partial charge >= 0.3 is 0 Å². The van der Waals surface area contributed by atoms with E-state index in [0.717, 1.165) is 31.5 Å². The van der Waals surface area contributed by atoms with E-state index in [2.05, 4.69) is 56.6 Å². The van der Waals surface area contributed by atoms with E-state index in [9.17, 15) is 0 Å². The van der Waals surface area contributed by atoms with Crippen molar-refractivity contribution in [3.8, 4) is 0 Å². The predicted octanol–water partition coefficient (Wildman–Crippen LogP) is 2.46. The predicted molar refractivity (Wildman–Crippen MR) is 107 cm³/mol. The number of guanidine groups is 1. The van der Waals surface area contributed by atoms with E-state index < -0.39 is 0 Å². The molecule has 3 rings (SSSR count). The number of hydrogen-bond donors (Lipinski definition) is 1. The average Bonchev–Trinajstić information content (AvgIpc) is 3.28. The Morgan fingerprint density at radius 1 is 1.31 bits per heavy atom. The molecule has 2 aliphatic heterocycles. The quantitative estimate of drug-likeness (QED) is 0.647. The number of nitrogens with zero attached hydrogens (tertiary/aromatic N) is 5. The Kier molecular flexibility index (Phi) is 6.57. The van der Waals surface area contributed by atoms with Crippen LogP contribution in [0.2, 0.25) is 0 Å². The first-order valence-electron chi connectivity index (χ1n) is 10.3. The van der Waals surface area contributed by atoms with Gasteiger partial charge in [-0.15, -0.1) is 0 Å². The molecule has 0 bridgehead atoms. The smallest absolute Gasteiger partial charge is 0.193 e. The van der Waals surface area contributed by atoms with E-state index in [1.807, 2.05) is 19.6 Å². The van der Waals surface area contributed by atoms with Crippen LogP contribution in [0.25, 0.3) is 0 Å². The number of piperidine rings is 1. The highest BCUT2D eigenvalue weighted by atomic mass is 15.3. The summed E-state index contributed by atoms with van der Waals surface area (Å²) < 4.78 is 2.26. The monoisotopic (exact) mass is 360 g/mol. The van der Waals surface area contributed by atoms with Crippen molar-refractivity contribution >= 4 is 5.96 Å². The van der Waals surface area contributed by atoms with Gasteiger partial charge in [0.1, 0.15) is 0 Å². The Labute approximate surface area is 158 Å². The lowest BCUT2D eigenvalue weighted by atomic mass is 9.93. The highest BCUT2D eigenvalue weighted by Gasteiger charge is 2.30. The first-order chi connectivity index (χ1) is 12.6. The van der Waals surface area contributed by atoms with E-state index in [-0.39, 0.29) is 0 Å². The Morgan fingerprint density at radius 2 is 2.15 bits per heavy atom. The van der Waals surface area contributed by atoms with E-state index >= 15 is 0 Å². The van der Waals surface area contributed by atoms with Gasteiger partial charge in [0.25, 0.3) is 0 Å². The highest BCUT2D eigenvalue weighted by molar-refractivity contribution is 5.80. The maximum absolute atomic E-state index is 4.59. The van der Waals surface area contributed by atoms with Crippen molar-refractivity contribution in [2.24, 2.45) is 16.8 Å². The fourth-order valence-corrected chi connectivity index (χ4v) is 4.47. The second-order valence-electron chi connectivity index (χ2n) is 8.40. The number of hydrogen-bond acceptors (Lipinski definition) is 3. The molecule has 0 saturated carbocycles. The van der Waals surface area contributed by atoms with Gasteiger partial charge in [0, 0.05) is 51.7 Å². The molecular weight excluding hydrogens is 324 g/mol. The van der Waals surface area contributed by atoms with Crippen LogP contribution in [-0.4, -0.2) is 71.1 Å². The van der Waals surface area contributed by atoms with Crippen molar-refractivity contribution in [2.75, 3.05) is 39.8 Å². The lowest BCUT2D eigenvalue weighted by molar-refractivity contribution is 0.186. The summed E-state index contributed by atoms with van der Waals surface area (Å²) in [5.74, 6) is 2.45. The minimum atomic E-state index is 0.466. The summed E-state index contributed by atoms with van der Waals surface area (Å²) in [6.07, 6.45) is 9.72. The summed E-state index contributed by atoms with van der Waals surface area (Å²) >= 11 is 0. The molecule has 0 aliphatic carbocycles. The molecule has 1 aromatic heterocycles.